The second kappa shape index (κ2) is 8.03. The van der Waals surface area contributed by atoms with Crippen molar-refractivity contribution in [3.63, 3.8) is 0 Å². The number of ether oxygens (including phenoxy) is 1. The molecular formula is C11H21N3O3. The smallest absolute Gasteiger partial charge is 0.234 e. The molecule has 0 atom stereocenters. The summed E-state index contributed by atoms with van der Waals surface area (Å²) in [5, 5.41) is 8.50. The van der Waals surface area contributed by atoms with E-state index in [4.69, 9.17) is 4.74 Å². The summed E-state index contributed by atoms with van der Waals surface area (Å²) in [4.78, 5) is 22.5. The van der Waals surface area contributed by atoms with Crippen LogP contribution >= 0.6 is 0 Å². The minimum atomic E-state index is -0.0790. The Bertz CT molecular complexity index is 254. The summed E-state index contributed by atoms with van der Waals surface area (Å²) >= 11 is 0. The predicted molar refractivity (Wildman–Crippen MR) is 63.5 cm³/mol. The molecule has 0 saturated heterocycles. The Morgan fingerprint density at radius 1 is 1.24 bits per heavy atom. The van der Waals surface area contributed by atoms with Crippen molar-refractivity contribution in [1.29, 1.82) is 0 Å². The number of methoxy groups -OCH3 is 1. The van der Waals surface area contributed by atoms with Gasteiger partial charge in [0, 0.05) is 32.7 Å². The molecule has 98 valence electrons. The summed E-state index contributed by atoms with van der Waals surface area (Å²) in [6.07, 6.45) is 2.62. The van der Waals surface area contributed by atoms with E-state index >= 15 is 0 Å². The van der Waals surface area contributed by atoms with Crippen LogP contribution in [0.1, 0.15) is 19.3 Å². The molecule has 1 saturated carbocycles. The summed E-state index contributed by atoms with van der Waals surface area (Å²) < 4.78 is 4.80. The molecular weight excluding hydrogens is 222 g/mol. The lowest BCUT2D eigenvalue weighted by molar-refractivity contribution is -0.122. The van der Waals surface area contributed by atoms with Gasteiger partial charge in [-0.2, -0.15) is 0 Å². The molecule has 0 heterocycles. The molecule has 0 bridgehead atoms. The van der Waals surface area contributed by atoms with Gasteiger partial charge >= 0.3 is 0 Å². The standard InChI is InChI=1S/C11H21N3O3/c1-17-7-6-13-11(16)8-12-5-4-10(15)14-9-2-3-9/h9,12H,2-8H2,1H3,(H,13,16)(H,14,15). The van der Waals surface area contributed by atoms with E-state index in [2.05, 4.69) is 16.0 Å². The minimum absolute atomic E-state index is 0.0554. The van der Waals surface area contributed by atoms with Gasteiger partial charge in [-0.1, -0.05) is 0 Å². The summed E-state index contributed by atoms with van der Waals surface area (Å²) in [7, 11) is 1.59. The highest BCUT2D eigenvalue weighted by Crippen LogP contribution is 2.18. The Morgan fingerprint density at radius 3 is 2.65 bits per heavy atom. The van der Waals surface area contributed by atoms with E-state index in [1.54, 1.807) is 7.11 Å². The van der Waals surface area contributed by atoms with Gasteiger partial charge in [-0.05, 0) is 12.8 Å². The monoisotopic (exact) mass is 243 g/mol. The summed E-state index contributed by atoms with van der Waals surface area (Å²) in [5.41, 5.74) is 0. The average molecular weight is 243 g/mol. The van der Waals surface area contributed by atoms with Crippen molar-refractivity contribution in [3.8, 4) is 0 Å². The van der Waals surface area contributed by atoms with Gasteiger partial charge in [-0.25, -0.2) is 0 Å². The van der Waals surface area contributed by atoms with E-state index in [0.717, 1.165) is 12.8 Å². The Hall–Kier alpha value is -1.14. The molecule has 0 radical (unpaired) electrons. The Labute approximate surface area is 101 Å². The molecule has 1 fully saturated rings. The minimum Gasteiger partial charge on any atom is -0.383 e. The first-order valence-electron chi connectivity index (χ1n) is 5.98. The van der Waals surface area contributed by atoms with Gasteiger partial charge in [-0.15, -0.1) is 0 Å². The van der Waals surface area contributed by atoms with Crippen LogP contribution in [0.15, 0.2) is 0 Å². The Balaban J connectivity index is 1.88. The van der Waals surface area contributed by atoms with E-state index < -0.39 is 0 Å². The third-order valence-electron chi connectivity index (χ3n) is 2.39. The maximum absolute atomic E-state index is 11.3. The molecule has 1 rings (SSSR count). The van der Waals surface area contributed by atoms with Gasteiger partial charge in [0.2, 0.25) is 11.8 Å². The van der Waals surface area contributed by atoms with E-state index in [1.165, 1.54) is 0 Å². The van der Waals surface area contributed by atoms with Crippen LogP contribution < -0.4 is 16.0 Å². The zero-order valence-corrected chi connectivity index (χ0v) is 10.3. The van der Waals surface area contributed by atoms with Crippen molar-refractivity contribution >= 4 is 11.8 Å². The second-order valence-electron chi connectivity index (χ2n) is 4.11. The van der Waals surface area contributed by atoms with Crippen LogP contribution in [0.3, 0.4) is 0 Å². The van der Waals surface area contributed by atoms with Gasteiger partial charge in [0.15, 0.2) is 0 Å². The molecule has 6 nitrogen and oxygen atoms in total. The van der Waals surface area contributed by atoms with Gasteiger partial charge in [0.05, 0.1) is 13.2 Å². The number of nitrogens with one attached hydrogen (secondary N) is 3. The highest BCUT2D eigenvalue weighted by Gasteiger charge is 2.22. The van der Waals surface area contributed by atoms with Crippen LogP contribution in [0.2, 0.25) is 0 Å². The number of hydrogen-bond acceptors (Lipinski definition) is 4. The number of rotatable bonds is 9. The van der Waals surface area contributed by atoms with E-state index in [9.17, 15) is 9.59 Å². The van der Waals surface area contributed by atoms with Crippen molar-refractivity contribution < 1.29 is 14.3 Å². The Kier molecular flexibility index (Phi) is 6.57. The van der Waals surface area contributed by atoms with Crippen molar-refractivity contribution in [2.45, 2.75) is 25.3 Å². The maximum atomic E-state index is 11.3. The quantitative estimate of drug-likeness (QED) is 0.454. The molecule has 1 aliphatic carbocycles. The highest BCUT2D eigenvalue weighted by molar-refractivity contribution is 5.78. The normalized spacial score (nSPS) is 14.4. The van der Waals surface area contributed by atoms with Crippen LogP contribution in [0.4, 0.5) is 0 Å². The molecule has 6 heteroatoms. The molecule has 1 aliphatic rings. The average Bonchev–Trinajstić information content (AvgIpc) is 3.09. The lowest BCUT2D eigenvalue weighted by Crippen LogP contribution is -2.37. The van der Waals surface area contributed by atoms with E-state index in [1.807, 2.05) is 0 Å². The third kappa shape index (κ3) is 7.70. The van der Waals surface area contributed by atoms with E-state index in [-0.39, 0.29) is 18.4 Å². The fraction of sp³-hybridized carbons (Fsp3) is 0.818. The molecule has 0 aromatic carbocycles. The van der Waals surface area contributed by atoms with Gasteiger partial charge in [-0.3, -0.25) is 9.59 Å². The van der Waals surface area contributed by atoms with Crippen LogP contribution in [0.5, 0.6) is 0 Å². The zero-order chi connectivity index (χ0) is 12.5. The maximum Gasteiger partial charge on any atom is 0.234 e. The van der Waals surface area contributed by atoms with Crippen LogP contribution in [-0.2, 0) is 14.3 Å². The lowest BCUT2D eigenvalue weighted by Gasteiger charge is -2.06. The molecule has 17 heavy (non-hydrogen) atoms. The molecule has 0 unspecified atom stereocenters. The zero-order valence-electron chi connectivity index (χ0n) is 10.3. The molecule has 0 aromatic rings. The highest BCUT2D eigenvalue weighted by atomic mass is 16.5. The van der Waals surface area contributed by atoms with Crippen LogP contribution in [0, 0.1) is 0 Å². The fourth-order valence-electron chi connectivity index (χ4n) is 1.29. The van der Waals surface area contributed by atoms with E-state index in [0.29, 0.717) is 32.2 Å². The molecule has 2 amide bonds. The summed E-state index contributed by atoms with van der Waals surface area (Å²) in [6, 6.07) is 0.403. The molecule has 3 N–H and O–H groups in total. The summed E-state index contributed by atoms with van der Waals surface area (Å²) in [5.74, 6) is -0.0237. The van der Waals surface area contributed by atoms with Gasteiger partial charge in [0.1, 0.15) is 0 Å². The third-order valence-corrected chi connectivity index (χ3v) is 2.39. The number of carbonyl (C=O) groups is 2. The Morgan fingerprint density at radius 2 is 2.00 bits per heavy atom. The predicted octanol–water partition coefficient (Wildman–Crippen LogP) is -0.993. The number of amides is 2. The first kappa shape index (κ1) is 13.9. The largest absolute Gasteiger partial charge is 0.383 e. The van der Waals surface area contributed by atoms with Crippen molar-refractivity contribution in [2.75, 3.05) is 33.4 Å². The molecule has 0 spiro atoms. The number of carbonyl (C=O) groups excluding carboxylic acids is 2. The van der Waals surface area contributed by atoms with Crippen molar-refractivity contribution in [2.24, 2.45) is 0 Å². The van der Waals surface area contributed by atoms with Gasteiger partial charge in [0.25, 0.3) is 0 Å². The summed E-state index contributed by atoms with van der Waals surface area (Å²) in [6.45, 7) is 1.78. The van der Waals surface area contributed by atoms with Crippen LogP contribution in [0.25, 0.3) is 0 Å². The topological polar surface area (TPSA) is 79.5 Å². The van der Waals surface area contributed by atoms with Gasteiger partial charge < -0.3 is 20.7 Å². The molecule has 0 aromatic heterocycles. The lowest BCUT2D eigenvalue weighted by atomic mass is 10.4. The molecule has 0 aliphatic heterocycles. The first-order valence-corrected chi connectivity index (χ1v) is 5.98. The first-order chi connectivity index (χ1) is 8.22. The van der Waals surface area contributed by atoms with Crippen molar-refractivity contribution in [3.05, 3.63) is 0 Å². The SMILES string of the molecule is COCCNC(=O)CNCCC(=O)NC1CC1. The fourth-order valence-corrected chi connectivity index (χ4v) is 1.29. The van der Waals surface area contributed by atoms with Crippen LogP contribution in [-0.4, -0.2) is 51.2 Å². The van der Waals surface area contributed by atoms with Crippen molar-refractivity contribution in [1.82, 2.24) is 16.0 Å². The second-order valence-corrected chi connectivity index (χ2v) is 4.11. The number of hydrogen-bond donors (Lipinski definition) is 3.